The van der Waals surface area contributed by atoms with Gasteiger partial charge in [-0.1, -0.05) is 40.2 Å². The number of nitrogens with one attached hydrogen (secondary N) is 2. The molecule has 1 aromatic heterocycles. The highest BCUT2D eigenvalue weighted by molar-refractivity contribution is 9.10. The van der Waals surface area contributed by atoms with E-state index >= 15 is 0 Å². The summed E-state index contributed by atoms with van der Waals surface area (Å²) in [6.45, 7) is 0. The van der Waals surface area contributed by atoms with E-state index in [0.717, 1.165) is 4.47 Å². The molecule has 0 saturated carbocycles. The number of hydrogen-bond donors (Lipinski definition) is 2. The standard InChI is InChI=1S/C30H22BrN3O5S/c31-20-11-13-22(14-12-20)34-27(35)18-26(30(34)38)40-24-10-4-8-21(16-24)32-29(37)25(17-23-9-5-15-39-23)33-28(36)19-6-2-1-3-7-19/h1-17,26H,18H2,(H,32,37)(H,33,36)/b25-17-. The largest absolute Gasteiger partial charge is 0.465 e. The summed E-state index contributed by atoms with van der Waals surface area (Å²) in [5.74, 6) is -1.17. The second-order valence-electron chi connectivity index (χ2n) is 8.73. The van der Waals surface area contributed by atoms with Gasteiger partial charge in [-0.05, 0) is 66.7 Å². The lowest BCUT2D eigenvalue weighted by atomic mass is 10.2. The Hall–Kier alpha value is -4.41. The molecule has 4 amide bonds. The third-order valence-corrected chi connectivity index (χ3v) is 7.63. The van der Waals surface area contributed by atoms with Crippen molar-refractivity contribution in [2.24, 2.45) is 0 Å². The van der Waals surface area contributed by atoms with Crippen LogP contribution in [0.1, 0.15) is 22.5 Å². The first-order chi connectivity index (χ1) is 19.4. The van der Waals surface area contributed by atoms with Crippen LogP contribution in [0.3, 0.4) is 0 Å². The Morgan fingerprint density at radius 3 is 2.45 bits per heavy atom. The summed E-state index contributed by atoms with van der Waals surface area (Å²) in [7, 11) is 0. The first-order valence-electron chi connectivity index (χ1n) is 12.2. The quantitative estimate of drug-likeness (QED) is 0.189. The van der Waals surface area contributed by atoms with Crippen LogP contribution in [0.25, 0.3) is 6.08 Å². The Morgan fingerprint density at radius 1 is 0.950 bits per heavy atom. The van der Waals surface area contributed by atoms with Crippen LogP contribution < -0.4 is 15.5 Å². The Labute approximate surface area is 242 Å². The molecule has 0 aliphatic carbocycles. The van der Waals surface area contributed by atoms with Crippen molar-refractivity contribution < 1.29 is 23.6 Å². The van der Waals surface area contributed by atoms with Crippen molar-refractivity contribution in [3.8, 4) is 0 Å². The first-order valence-corrected chi connectivity index (χ1v) is 13.9. The molecular formula is C30H22BrN3O5S. The molecule has 1 fully saturated rings. The van der Waals surface area contributed by atoms with Crippen molar-refractivity contribution in [2.45, 2.75) is 16.6 Å². The van der Waals surface area contributed by atoms with Gasteiger partial charge in [-0.25, -0.2) is 4.90 Å². The van der Waals surface area contributed by atoms with Crippen LogP contribution in [0.2, 0.25) is 0 Å². The van der Waals surface area contributed by atoms with Crippen LogP contribution in [0.4, 0.5) is 11.4 Å². The van der Waals surface area contributed by atoms with Gasteiger partial charge in [-0.15, -0.1) is 11.8 Å². The molecule has 8 nitrogen and oxygen atoms in total. The van der Waals surface area contributed by atoms with Crippen LogP contribution >= 0.6 is 27.7 Å². The fourth-order valence-electron chi connectivity index (χ4n) is 4.03. The van der Waals surface area contributed by atoms with Gasteiger partial charge in [-0.3, -0.25) is 19.2 Å². The lowest BCUT2D eigenvalue weighted by molar-refractivity contribution is -0.121. The number of anilines is 2. The van der Waals surface area contributed by atoms with E-state index < -0.39 is 17.1 Å². The maximum absolute atomic E-state index is 13.2. The van der Waals surface area contributed by atoms with E-state index in [1.807, 2.05) is 0 Å². The monoisotopic (exact) mass is 615 g/mol. The van der Waals surface area contributed by atoms with Gasteiger partial charge in [0.15, 0.2) is 0 Å². The predicted octanol–water partition coefficient (Wildman–Crippen LogP) is 5.88. The van der Waals surface area contributed by atoms with Gasteiger partial charge in [0.05, 0.1) is 17.2 Å². The highest BCUT2D eigenvalue weighted by Crippen LogP contribution is 2.35. The second-order valence-corrected chi connectivity index (χ2v) is 10.9. The number of benzene rings is 3. The van der Waals surface area contributed by atoms with Crippen LogP contribution in [0.15, 0.2) is 117 Å². The van der Waals surface area contributed by atoms with E-state index in [0.29, 0.717) is 27.6 Å². The molecule has 200 valence electrons. The van der Waals surface area contributed by atoms with Crippen LogP contribution in [0.5, 0.6) is 0 Å². The maximum atomic E-state index is 13.2. The molecular weight excluding hydrogens is 594 g/mol. The second kappa shape index (κ2) is 12.2. The smallest absolute Gasteiger partial charge is 0.272 e. The molecule has 4 aromatic rings. The molecule has 10 heteroatoms. The minimum atomic E-state index is -0.596. The fraction of sp³-hybridized carbons (Fsp3) is 0.0667. The molecule has 1 unspecified atom stereocenters. The average molecular weight is 616 g/mol. The SMILES string of the molecule is O=C(Nc1cccc(SC2CC(=O)N(c3ccc(Br)cc3)C2=O)c1)/C(=C/c1ccco1)NC(=O)c1ccccc1. The van der Waals surface area contributed by atoms with Gasteiger partial charge < -0.3 is 15.1 Å². The average Bonchev–Trinajstić information content (AvgIpc) is 3.56. The maximum Gasteiger partial charge on any atom is 0.272 e. The Morgan fingerprint density at radius 2 is 1.73 bits per heavy atom. The van der Waals surface area contributed by atoms with Crippen molar-refractivity contribution in [3.63, 3.8) is 0 Å². The summed E-state index contributed by atoms with van der Waals surface area (Å²) in [4.78, 5) is 53.6. The number of halogens is 1. The third kappa shape index (κ3) is 6.41. The van der Waals surface area contributed by atoms with E-state index in [4.69, 9.17) is 4.42 Å². The number of furan rings is 1. The Bertz CT molecular complexity index is 1590. The Balaban J connectivity index is 1.30. The first kappa shape index (κ1) is 27.2. The number of imide groups is 1. The Kier molecular flexibility index (Phi) is 8.28. The molecule has 0 bridgehead atoms. The zero-order chi connectivity index (χ0) is 28.1. The van der Waals surface area contributed by atoms with Crippen molar-refractivity contribution in [1.29, 1.82) is 0 Å². The number of hydrogen-bond acceptors (Lipinski definition) is 6. The van der Waals surface area contributed by atoms with Gasteiger partial charge in [0.2, 0.25) is 11.8 Å². The number of carbonyl (C=O) groups excluding carboxylic acids is 4. The van der Waals surface area contributed by atoms with E-state index in [9.17, 15) is 19.2 Å². The predicted molar refractivity (Wildman–Crippen MR) is 157 cm³/mol. The van der Waals surface area contributed by atoms with Crippen LogP contribution in [-0.2, 0) is 14.4 Å². The summed E-state index contributed by atoms with van der Waals surface area (Å²) in [6.07, 6.45) is 2.97. The van der Waals surface area contributed by atoms with E-state index in [1.165, 1.54) is 29.0 Å². The van der Waals surface area contributed by atoms with Crippen LogP contribution in [0, 0.1) is 0 Å². The molecule has 5 rings (SSSR count). The van der Waals surface area contributed by atoms with Gasteiger partial charge in [-0.2, -0.15) is 0 Å². The van der Waals surface area contributed by atoms with E-state index in [2.05, 4.69) is 26.6 Å². The molecule has 1 aliphatic heterocycles. The molecule has 40 heavy (non-hydrogen) atoms. The molecule has 3 aromatic carbocycles. The number of nitrogens with zero attached hydrogens (tertiary/aromatic N) is 1. The summed E-state index contributed by atoms with van der Waals surface area (Å²) in [5, 5.41) is 4.85. The van der Waals surface area contributed by atoms with Gasteiger partial charge in [0.1, 0.15) is 11.5 Å². The lowest BCUT2D eigenvalue weighted by Gasteiger charge is -2.15. The molecule has 1 atom stereocenters. The molecule has 0 radical (unpaired) electrons. The minimum absolute atomic E-state index is 0.0106. The number of thioether (sulfide) groups is 1. The molecule has 2 heterocycles. The summed E-state index contributed by atoms with van der Waals surface area (Å²) in [6, 6.07) is 25.8. The van der Waals surface area contributed by atoms with E-state index in [1.54, 1.807) is 91.0 Å². The van der Waals surface area contributed by atoms with Crippen molar-refractivity contribution >= 4 is 68.8 Å². The normalized spacial score (nSPS) is 15.3. The molecule has 1 saturated heterocycles. The number of rotatable bonds is 8. The fourth-order valence-corrected chi connectivity index (χ4v) is 5.40. The number of amides is 4. The van der Waals surface area contributed by atoms with Crippen molar-refractivity contribution in [1.82, 2.24) is 5.32 Å². The van der Waals surface area contributed by atoms with Gasteiger partial charge >= 0.3 is 0 Å². The van der Waals surface area contributed by atoms with Gasteiger partial charge in [0.25, 0.3) is 11.8 Å². The lowest BCUT2D eigenvalue weighted by Crippen LogP contribution is -2.31. The molecule has 0 spiro atoms. The zero-order valence-electron chi connectivity index (χ0n) is 20.9. The molecule has 1 aliphatic rings. The summed E-state index contributed by atoms with van der Waals surface area (Å²) in [5.41, 5.74) is 1.36. The van der Waals surface area contributed by atoms with Gasteiger partial charge in [0, 0.05) is 33.1 Å². The highest BCUT2D eigenvalue weighted by Gasteiger charge is 2.40. The summed E-state index contributed by atoms with van der Waals surface area (Å²) >= 11 is 4.61. The topological polar surface area (TPSA) is 109 Å². The summed E-state index contributed by atoms with van der Waals surface area (Å²) < 4.78 is 6.18. The number of carbonyl (C=O) groups is 4. The van der Waals surface area contributed by atoms with Crippen molar-refractivity contribution in [2.75, 3.05) is 10.2 Å². The minimum Gasteiger partial charge on any atom is -0.465 e. The highest BCUT2D eigenvalue weighted by atomic mass is 79.9. The van der Waals surface area contributed by atoms with E-state index in [-0.39, 0.29) is 23.9 Å². The van der Waals surface area contributed by atoms with Crippen LogP contribution in [-0.4, -0.2) is 28.9 Å². The van der Waals surface area contributed by atoms with Crippen molar-refractivity contribution in [3.05, 3.63) is 119 Å². The third-order valence-electron chi connectivity index (χ3n) is 5.92. The molecule has 2 N–H and O–H groups in total. The zero-order valence-corrected chi connectivity index (χ0v) is 23.3.